The number of likely N-dealkylation sites (tertiary alicyclic amines) is 1. The Bertz CT molecular complexity index is 1260. The number of nitrogens with zero attached hydrogens (tertiary/aromatic N) is 3. The summed E-state index contributed by atoms with van der Waals surface area (Å²) in [5.41, 5.74) is 0.618. The van der Waals surface area contributed by atoms with Crippen molar-refractivity contribution in [2.24, 2.45) is 5.92 Å². The number of imide groups is 1. The van der Waals surface area contributed by atoms with Gasteiger partial charge in [0.25, 0.3) is 11.8 Å². The first-order chi connectivity index (χ1) is 17.4. The Balaban J connectivity index is 1.04. The highest BCUT2D eigenvalue weighted by molar-refractivity contribution is 6.10. The lowest BCUT2D eigenvalue weighted by Gasteiger charge is -2.53. The van der Waals surface area contributed by atoms with Crippen LogP contribution in [0, 0.1) is 12.8 Å². The average Bonchev–Trinajstić information content (AvgIpc) is 3.36. The molecule has 2 aliphatic carbocycles. The highest BCUT2D eigenvalue weighted by Gasteiger charge is 2.63. The molecular weight excluding hydrogens is 460 g/mol. The molecule has 0 spiro atoms. The number of carbonyl (C=O) groups is 3. The highest BCUT2D eigenvalue weighted by atomic mass is 16.5. The lowest BCUT2D eigenvalue weighted by molar-refractivity contribution is -0.160. The lowest BCUT2D eigenvalue weighted by Crippen LogP contribution is -2.73. The van der Waals surface area contributed by atoms with Crippen molar-refractivity contribution in [3.63, 3.8) is 0 Å². The van der Waals surface area contributed by atoms with Crippen molar-refractivity contribution in [3.8, 4) is 5.75 Å². The molecule has 9 heteroatoms. The van der Waals surface area contributed by atoms with E-state index >= 15 is 0 Å². The summed E-state index contributed by atoms with van der Waals surface area (Å²) in [6, 6.07) is 6.03. The normalized spacial score (nSPS) is 32.1. The molecule has 6 aliphatic rings. The molecular formula is C27H30N4O5. The van der Waals surface area contributed by atoms with Gasteiger partial charge in [-0.1, -0.05) is 6.42 Å². The topological polar surface area (TPSA) is 105 Å². The van der Waals surface area contributed by atoms with E-state index in [1.807, 2.05) is 25.1 Å². The monoisotopic (exact) mass is 490 g/mol. The quantitative estimate of drug-likeness (QED) is 0.642. The van der Waals surface area contributed by atoms with Gasteiger partial charge in [-0.05, 0) is 62.8 Å². The number of nitrogens with one attached hydrogen (secondary N) is 1. The number of rotatable bonds is 5. The molecule has 3 amide bonds. The zero-order chi connectivity index (χ0) is 24.6. The molecule has 1 aromatic carbocycles. The number of aromatic nitrogens is 1. The Morgan fingerprint density at radius 1 is 1.11 bits per heavy atom. The van der Waals surface area contributed by atoms with Gasteiger partial charge < -0.3 is 14.1 Å². The van der Waals surface area contributed by atoms with Crippen molar-refractivity contribution in [1.82, 2.24) is 20.1 Å². The third kappa shape index (κ3) is 3.25. The van der Waals surface area contributed by atoms with E-state index in [1.165, 1.54) is 6.42 Å². The highest BCUT2D eigenvalue weighted by Crippen LogP contribution is 2.49. The molecule has 2 aromatic rings. The fourth-order valence-electron chi connectivity index (χ4n) is 6.82. The van der Waals surface area contributed by atoms with Crippen molar-refractivity contribution >= 4 is 17.7 Å². The summed E-state index contributed by atoms with van der Waals surface area (Å²) in [5.74, 6) is 1.93. The number of ether oxygens (including phenoxy) is 1. The molecule has 4 aliphatic heterocycles. The maximum Gasteiger partial charge on any atom is 0.255 e. The largest absolute Gasteiger partial charge is 0.489 e. The molecule has 0 radical (unpaired) electrons. The van der Waals surface area contributed by atoms with Crippen LogP contribution in [0.25, 0.3) is 0 Å². The molecule has 1 unspecified atom stereocenters. The number of hydrogen-bond acceptors (Lipinski definition) is 7. The van der Waals surface area contributed by atoms with Gasteiger partial charge in [-0.2, -0.15) is 0 Å². The Labute approximate surface area is 209 Å². The standard InChI is InChI=1S/C27H30N4O5/c1-15-11-28-24(35-15)18-12-30(13-18)21-4-2-3-5-22(21)36-19-6-7-20-16(8-19)14-31(25(20)33)27-9-17(10-27)23(32)29-26(27)34/h6-8,11,17-18,21-22H,2-5,9-10,12-14H2,1H3,(H,29,32,34)/t17?,21?,22-,27?/m0/s1. The van der Waals surface area contributed by atoms with Crippen LogP contribution in [0.3, 0.4) is 0 Å². The van der Waals surface area contributed by atoms with E-state index in [9.17, 15) is 14.4 Å². The smallest absolute Gasteiger partial charge is 0.255 e. The summed E-state index contributed by atoms with van der Waals surface area (Å²) in [6.45, 7) is 4.17. The maximum absolute atomic E-state index is 13.2. The van der Waals surface area contributed by atoms with Crippen molar-refractivity contribution < 1.29 is 23.5 Å². The van der Waals surface area contributed by atoms with E-state index in [1.54, 1.807) is 11.1 Å². The van der Waals surface area contributed by atoms with Crippen LogP contribution in [-0.4, -0.2) is 63.3 Å². The third-order valence-corrected chi connectivity index (χ3v) is 8.92. The number of piperidine rings is 2. The number of benzene rings is 1. The number of carbonyl (C=O) groups excluding carboxylic acids is 3. The Morgan fingerprint density at radius 2 is 1.92 bits per heavy atom. The van der Waals surface area contributed by atoms with Crippen molar-refractivity contribution in [3.05, 3.63) is 47.2 Å². The van der Waals surface area contributed by atoms with Crippen LogP contribution in [0.1, 0.15) is 72.0 Å². The van der Waals surface area contributed by atoms with Gasteiger partial charge in [-0.25, -0.2) is 4.98 Å². The zero-order valence-electron chi connectivity index (χ0n) is 20.4. The van der Waals surface area contributed by atoms with Gasteiger partial charge in [0.15, 0.2) is 5.89 Å². The minimum absolute atomic E-state index is 0.0957. The molecule has 1 aromatic heterocycles. The van der Waals surface area contributed by atoms with Crippen LogP contribution in [0.15, 0.2) is 28.8 Å². The summed E-state index contributed by atoms with van der Waals surface area (Å²) in [5, 5.41) is 2.44. The molecule has 36 heavy (non-hydrogen) atoms. The van der Waals surface area contributed by atoms with Gasteiger partial charge in [0.2, 0.25) is 5.91 Å². The lowest BCUT2D eigenvalue weighted by atomic mass is 9.63. The molecule has 2 saturated carbocycles. The second-order valence-electron chi connectivity index (χ2n) is 11.1. The van der Waals surface area contributed by atoms with E-state index in [0.29, 0.717) is 36.9 Å². The fourth-order valence-corrected chi connectivity index (χ4v) is 6.82. The van der Waals surface area contributed by atoms with Crippen LogP contribution >= 0.6 is 0 Å². The average molecular weight is 491 g/mol. The molecule has 2 bridgehead atoms. The van der Waals surface area contributed by atoms with Gasteiger partial charge in [-0.3, -0.25) is 24.6 Å². The molecule has 9 nitrogen and oxygen atoms in total. The van der Waals surface area contributed by atoms with Gasteiger partial charge in [0, 0.05) is 37.2 Å². The molecule has 1 N–H and O–H groups in total. The van der Waals surface area contributed by atoms with E-state index in [4.69, 9.17) is 9.15 Å². The van der Waals surface area contributed by atoms with E-state index in [-0.39, 0.29) is 29.7 Å². The van der Waals surface area contributed by atoms with E-state index in [0.717, 1.165) is 55.3 Å². The minimum Gasteiger partial charge on any atom is -0.489 e. The molecule has 5 heterocycles. The van der Waals surface area contributed by atoms with Gasteiger partial charge >= 0.3 is 0 Å². The first-order valence-electron chi connectivity index (χ1n) is 13.0. The summed E-state index contributed by atoms with van der Waals surface area (Å²) < 4.78 is 12.3. The first kappa shape index (κ1) is 22.0. The fraction of sp³-hybridized carbons (Fsp3) is 0.556. The SMILES string of the molecule is Cc1cnc(C2CN(C3CCCC[C@@H]3Oc3ccc4c(c3)CN(C35CC(C3)C(=O)NC5=O)C4=O)C2)o1. The Morgan fingerprint density at radius 3 is 2.67 bits per heavy atom. The van der Waals surface area contributed by atoms with Gasteiger partial charge in [-0.15, -0.1) is 0 Å². The second kappa shape index (κ2) is 7.90. The molecule has 5 fully saturated rings. The van der Waals surface area contributed by atoms with Crippen LogP contribution in [0.5, 0.6) is 5.75 Å². The molecule has 3 saturated heterocycles. The molecule has 2 atom stereocenters. The first-order valence-corrected chi connectivity index (χ1v) is 13.0. The number of aryl methyl sites for hydroxylation is 1. The second-order valence-corrected chi connectivity index (χ2v) is 11.1. The number of hydrogen-bond donors (Lipinski definition) is 1. The Kier molecular flexibility index (Phi) is 4.83. The number of fused-ring (bicyclic) bond motifs is 3. The summed E-state index contributed by atoms with van der Waals surface area (Å²) in [7, 11) is 0. The summed E-state index contributed by atoms with van der Waals surface area (Å²) >= 11 is 0. The number of amides is 3. The predicted octanol–water partition coefficient (Wildman–Crippen LogP) is 2.53. The zero-order valence-corrected chi connectivity index (χ0v) is 20.4. The van der Waals surface area contributed by atoms with Gasteiger partial charge in [0.1, 0.15) is 23.2 Å². The molecule has 8 rings (SSSR count). The third-order valence-electron chi connectivity index (χ3n) is 8.92. The van der Waals surface area contributed by atoms with Crippen LogP contribution in [0.4, 0.5) is 0 Å². The maximum atomic E-state index is 13.2. The summed E-state index contributed by atoms with van der Waals surface area (Å²) in [6.07, 6.45) is 7.19. The van der Waals surface area contributed by atoms with Crippen LogP contribution < -0.4 is 10.1 Å². The summed E-state index contributed by atoms with van der Waals surface area (Å²) in [4.78, 5) is 46.3. The van der Waals surface area contributed by atoms with Crippen molar-refractivity contribution in [2.75, 3.05) is 13.1 Å². The van der Waals surface area contributed by atoms with Crippen LogP contribution in [0.2, 0.25) is 0 Å². The minimum atomic E-state index is -0.889. The van der Waals surface area contributed by atoms with Crippen LogP contribution in [-0.2, 0) is 16.1 Å². The van der Waals surface area contributed by atoms with E-state index < -0.39 is 5.54 Å². The predicted molar refractivity (Wildman–Crippen MR) is 127 cm³/mol. The number of oxazole rings is 1. The van der Waals surface area contributed by atoms with E-state index in [2.05, 4.69) is 15.2 Å². The Hall–Kier alpha value is -3.20. The van der Waals surface area contributed by atoms with Crippen molar-refractivity contribution in [2.45, 2.75) is 75.6 Å². The molecule has 188 valence electrons. The van der Waals surface area contributed by atoms with Crippen molar-refractivity contribution in [1.29, 1.82) is 0 Å². The van der Waals surface area contributed by atoms with Gasteiger partial charge in [0.05, 0.1) is 12.1 Å².